The molecule has 4 aromatic rings. The van der Waals surface area contributed by atoms with Gasteiger partial charge >= 0.3 is 0 Å². The van der Waals surface area contributed by atoms with E-state index in [4.69, 9.17) is 27.9 Å². The molecule has 0 unspecified atom stereocenters. The fourth-order valence-corrected chi connectivity index (χ4v) is 4.12. The topological polar surface area (TPSA) is 39.2 Å². The van der Waals surface area contributed by atoms with Gasteiger partial charge < -0.3 is 4.74 Å². The van der Waals surface area contributed by atoms with E-state index in [1.54, 1.807) is 25.3 Å². The van der Waals surface area contributed by atoms with E-state index in [0.29, 0.717) is 25.7 Å². The van der Waals surface area contributed by atoms with Crippen LogP contribution in [0.15, 0.2) is 60.7 Å². The molecule has 0 spiro atoms. The van der Waals surface area contributed by atoms with Crippen LogP contribution >= 0.6 is 34.5 Å². The molecule has 0 saturated heterocycles. The van der Waals surface area contributed by atoms with Gasteiger partial charge in [0, 0.05) is 22.0 Å². The van der Waals surface area contributed by atoms with Crippen molar-refractivity contribution in [1.82, 2.24) is 4.98 Å². The van der Waals surface area contributed by atoms with Crippen LogP contribution in [0.1, 0.15) is 15.2 Å². The number of hydrogen-bond acceptors (Lipinski definition) is 4. The zero-order valence-corrected chi connectivity index (χ0v) is 16.5. The predicted octanol–water partition coefficient (Wildman–Crippen LogP) is 6.51. The van der Waals surface area contributed by atoms with Crippen molar-refractivity contribution in [3.05, 3.63) is 80.5 Å². The second-order valence-corrected chi connectivity index (χ2v) is 8.04. The summed E-state index contributed by atoms with van der Waals surface area (Å²) in [5, 5.41) is 1.49. The molecule has 0 aliphatic rings. The van der Waals surface area contributed by atoms with E-state index in [-0.39, 0.29) is 5.78 Å². The molecule has 0 aliphatic carbocycles. The van der Waals surface area contributed by atoms with Crippen molar-refractivity contribution in [3.63, 3.8) is 0 Å². The third kappa shape index (κ3) is 3.56. The summed E-state index contributed by atoms with van der Waals surface area (Å²) in [5.41, 5.74) is 3.15. The number of aromatic nitrogens is 1. The van der Waals surface area contributed by atoms with Gasteiger partial charge in [0.25, 0.3) is 0 Å². The second kappa shape index (κ2) is 7.31. The largest absolute Gasteiger partial charge is 0.481 e. The predicted molar refractivity (Wildman–Crippen MR) is 112 cm³/mol. The summed E-state index contributed by atoms with van der Waals surface area (Å²) in [6, 6.07) is 18.3. The normalized spacial score (nSPS) is 10.9. The Bertz CT molecular complexity index is 1170. The molecule has 0 radical (unpaired) electrons. The highest BCUT2D eigenvalue weighted by molar-refractivity contribution is 7.18. The summed E-state index contributed by atoms with van der Waals surface area (Å²) in [6.07, 6.45) is 0. The van der Waals surface area contributed by atoms with Crippen LogP contribution < -0.4 is 4.74 Å². The highest BCUT2D eigenvalue weighted by atomic mass is 35.5. The molecule has 3 nitrogen and oxygen atoms in total. The van der Waals surface area contributed by atoms with E-state index in [9.17, 15) is 4.79 Å². The molecule has 0 saturated carbocycles. The molecule has 0 aliphatic heterocycles. The van der Waals surface area contributed by atoms with Crippen molar-refractivity contribution >= 4 is 51.2 Å². The van der Waals surface area contributed by atoms with Crippen molar-refractivity contribution in [3.8, 4) is 17.0 Å². The van der Waals surface area contributed by atoms with Gasteiger partial charge in [0.2, 0.25) is 11.7 Å². The lowest BCUT2D eigenvalue weighted by atomic mass is 9.98. The Labute approximate surface area is 170 Å². The van der Waals surface area contributed by atoms with Crippen molar-refractivity contribution in [2.45, 2.75) is 0 Å². The van der Waals surface area contributed by atoms with Gasteiger partial charge in [0.05, 0.1) is 21.8 Å². The fraction of sp³-hybridized carbons (Fsp3) is 0.0476. The Morgan fingerprint density at radius 3 is 2.59 bits per heavy atom. The van der Waals surface area contributed by atoms with Crippen molar-refractivity contribution < 1.29 is 9.53 Å². The van der Waals surface area contributed by atoms with Gasteiger partial charge in [-0.25, -0.2) is 4.98 Å². The first-order valence-electron chi connectivity index (χ1n) is 8.10. The number of pyridine rings is 1. The lowest BCUT2D eigenvalue weighted by Crippen LogP contribution is -1.99. The van der Waals surface area contributed by atoms with Gasteiger partial charge in [0.15, 0.2) is 0 Å². The Morgan fingerprint density at radius 2 is 1.89 bits per heavy atom. The zero-order chi connectivity index (χ0) is 19.0. The van der Waals surface area contributed by atoms with Crippen LogP contribution in [0, 0.1) is 0 Å². The lowest BCUT2D eigenvalue weighted by molar-refractivity contribution is 0.104. The highest BCUT2D eigenvalue weighted by Gasteiger charge is 2.15. The maximum absolute atomic E-state index is 12.8. The Balaban J connectivity index is 1.91. The number of hydrogen-bond donors (Lipinski definition) is 0. The van der Waals surface area contributed by atoms with Gasteiger partial charge in [0.1, 0.15) is 0 Å². The van der Waals surface area contributed by atoms with Crippen LogP contribution in [-0.4, -0.2) is 17.9 Å². The van der Waals surface area contributed by atoms with Crippen molar-refractivity contribution in [2.75, 3.05) is 7.11 Å². The quantitative estimate of drug-likeness (QED) is 0.358. The van der Waals surface area contributed by atoms with Crippen LogP contribution in [0.4, 0.5) is 0 Å². The third-order valence-electron chi connectivity index (χ3n) is 4.19. The molecular weight excluding hydrogens is 401 g/mol. The molecule has 134 valence electrons. The maximum atomic E-state index is 12.8. The smallest absolute Gasteiger partial charge is 0.214 e. The molecule has 6 heteroatoms. The Morgan fingerprint density at radius 1 is 1.04 bits per heavy atom. The molecule has 0 fully saturated rings. The second-order valence-electron chi connectivity index (χ2n) is 5.89. The molecule has 2 heterocycles. The number of carbonyl (C=O) groups excluding carboxylic acids is 1. The van der Waals surface area contributed by atoms with Crippen molar-refractivity contribution in [1.29, 1.82) is 0 Å². The summed E-state index contributed by atoms with van der Waals surface area (Å²) in [7, 11) is 1.58. The molecule has 4 rings (SSSR count). The highest BCUT2D eigenvalue weighted by Crippen LogP contribution is 2.33. The summed E-state index contributed by atoms with van der Waals surface area (Å²) in [4.78, 5) is 17.9. The van der Waals surface area contributed by atoms with Gasteiger partial charge in [-0.2, -0.15) is 0 Å². The minimum absolute atomic E-state index is 0.0679. The number of halogens is 2. The SMILES string of the molecule is COc1cc(-c2cccc(Cl)c2)c2cc(C(=O)c3ccc(Cl)s3)ccc2n1. The molecule has 0 bridgehead atoms. The van der Waals surface area contributed by atoms with E-state index in [0.717, 1.165) is 22.0 Å². The van der Waals surface area contributed by atoms with Crippen LogP contribution in [-0.2, 0) is 0 Å². The van der Waals surface area contributed by atoms with Gasteiger partial charge in [-0.05, 0) is 53.6 Å². The number of ketones is 1. The summed E-state index contributed by atoms with van der Waals surface area (Å²) in [5.74, 6) is 0.434. The van der Waals surface area contributed by atoms with E-state index in [2.05, 4.69) is 4.98 Å². The Kier molecular flexibility index (Phi) is 4.87. The lowest BCUT2D eigenvalue weighted by Gasteiger charge is -2.11. The zero-order valence-electron chi connectivity index (χ0n) is 14.2. The first-order chi connectivity index (χ1) is 13.0. The minimum atomic E-state index is -0.0679. The standard InChI is InChI=1S/C21H13Cl2NO2S/c1-26-20-11-15(12-3-2-4-14(22)9-12)16-10-13(5-6-17(16)24-20)21(25)18-7-8-19(23)27-18/h2-11H,1H3. The molecule has 0 atom stereocenters. The average Bonchev–Trinajstić information content (AvgIpc) is 3.12. The van der Waals surface area contributed by atoms with E-state index in [1.165, 1.54) is 11.3 Å². The van der Waals surface area contributed by atoms with Crippen LogP contribution in [0.2, 0.25) is 9.36 Å². The number of thiophene rings is 1. The number of benzene rings is 2. The van der Waals surface area contributed by atoms with Crippen LogP contribution in [0.5, 0.6) is 5.88 Å². The van der Waals surface area contributed by atoms with E-state index < -0.39 is 0 Å². The first-order valence-corrected chi connectivity index (χ1v) is 9.67. The number of carbonyl (C=O) groups is 1. The van der Waals surface area contributed by atoms with Gasteiger partial charge in [-0.15, -0.1) is 11.3 Å². The summed E-state index contributed by atoms with van der Waals surface area (Å²) in [6.45, 7) is 0. The van der Waals surface area contributed by atoms with E-state index in [1.807, 2.05) is 42.5 Å². The van der Waals surface area contributed by atoms with Crippen LogP contribution in [0.3, 0.4) is 0 Å². The van der Waals surface area contributed by atoms with Crippen LogP contribution in [0.25, 0.3) is 22.0 Å². The number of fused-ring (bicyclic) bond motifs is 1. The monoisotopic (exact) mass is 413 g/mol. The Hall–Kier alpha value is -2.40. The molecule has 2 aromatic carbocycles. The molecular formula is C21H13Cl2NO2S. The first kappa shape index (κ1) is 18.0. The fourth-order valence-electron chi connectivity index (χ4n) is 2.92. The molecule has 27 heavy (non-hydrogen) atoms. The summed E-state index contributed by atoms with van der Waals surface area (Å²) < 4.78 is 5.93. The minimum Gasteiger partial charge on any atom is -0.481 e. The van der Waals surface area contributed by atoms with Gasteiger partial charge in [-0.3, -0.25) is 4.79 Å². The number of methoxy groups -OCH3 is 1. The molecule has 2 aromatic heterocycles. The number of rotatable bonds is 4. The van der Waals surface area contributed by atoms with Crippen molar-refractivity contribution in [2.24, 2.45) is 0 Å². The maximum Gasteiger partial charge on any atom is 0.214 e. The average molecular weight is 414 g/mol. The van der Waals surface area contributed by atoms with Gasteiger partial charge in [-0.1, -0.05) is 35.3 Å². The number of ether oxygens (including phenoxy) is 1. The van der Waals surface area contributed by atoms with E-state index >= 15 is 0 Å². The summed E-state index contributed by atoms with van der Waals surface area (Å²) >= 11 is 13.4. The molecule has 0 amide bonds. The number of nitrogens with zero attached hydrogens (tertiary/aromatic N) is 1. The third-order valence-corrected chi connectivity index (χ3v) is 5.65. The molecule has 0 N–H and O–H groups in total.